The van der Waals surface area contributed by atoms with Gasteiger partial charge in [0.05, 0.1) is 28.4 Å². The molecule has 0 aromatic heterocycles. The van der Waals surface area contributed by atoms with Gasteiger partial charge in [-0.2, -0.15) is 5.26 Å². The Morgan fingerprint density at radius 1 is 1.26 bits per heavy atom. The first-order chi connectivity index (χ1) is 14.6. The number of hydrogen-bond acceptors (Lipinski definition) is 7. The third-order valence-electron chi connectivity index (χ3n) is 5.32. The van der Waals surface area contributed by atoms with Crippen molar-refractivity contribution in [1.29, 1.82) is 5.26 Å². The van der Waals surface area contributed by atoms with Gasteiger partial charge < -0.3 is 15.0 Å². The number of anilines is 1. The molecule has 2 aromatic carbocycles. The van der Waals surface area contributed by atoms with Crippen LogP contribution in [0.2, 0.25) is 0 Å². The molecule has 1 fully saturated rings. The molecular weight excluding hydrogens is 400 g/mol. The second-order valence-corrected chi connectivity index (χ2v) is 8.66. The molecule has 2 N–H and O–H groups in total. The fourth-order valence-corrected chi connectivity index (χ4v) is 4.12. The summed E-state index contributed by atoms with van der Waals surface area (Å²) in [5.41, 5.74) is 0.558. The van der Waals surface area contributed by atoms with Crippen molar-refractivity contribution in [2.45, 2.75) is 38.8 Å². The van der Waals surface area contributed by atoms with Gasteiger partial charge in [-0.05, 0) is 39.3 Å². The fraction of sp³-hybridized carbons (Fsp3) is 0.364. The van der Waals surface area contributed by atoms with Crippen LogP contribution in [0.15, 0.2) is 24.3 Å². The molecule has 1 atom stereocenters. The van der Waals surface area contributed by atoms with Crippen LogP contribution in [0.25, 0.3) is 10.8 Å². The monoisotopic (exact) mass is 422 g/mol. The third-order valence-corrected chi connectivity index (χ3v) is 5.32. The van der Waals surface area contributed by atoms with Crippen LogP contribution in [-0.2, 0) is 4.74 Å². The Balaban J connectivity index is 1.72. The molecule has 2 aliphatic heterocycles. The maximum atomic E-state index is 12.5. The minimum atomic E-state index is -0.859. The van der Waals surface area contributed by atoms with E-state index in [0.717, 1.165) is 0 Å². The number of rotatable bonds is 2. The predicted molar refractivity (Wildman–Crippen MR) is 111 cm³/mol. The van der Waals surface area contributed by atoms with Gasteiger partial charge in [-0.15, -0.1) is 5.06 Å². The van der Waals surface area contributed by atoms with Gasteiger partial charge >= 0.3 is 6.09 Å². The first-order valence-corrected chi connectivity index (χ1v) is 9.92. The van der Waals surface area contributed by atoms with Crippen LogP contribution in [0.3, 0.4) is 0 Å². The zero-order valence-corrected chi connectivity index (χ0v) is 17.4. The number of hydroxylamine groups is 2. The first kappa shape index (κ1) is 20.6. The minimum absolute atomic E-state index is 0.0779. The summed E-state index contributed by atoms with van der Waals surface area (Å²) in [5.74, 6) is -1.66. The Morgan fingerprint density at radius 2 is 1.97 bits per heavy atom. The van der Waals surface area contributed by atoms with Crippen LogP contribution in [0.5, 0.6) is 0 Å². The molecule has 0 radical (unpaired) electrons. The summed E-state index contributed by atoms with van der Waals surface area (Å²) in [5, 5.41) is 23.6. The van der Waals surface area contributed by atoms with Crippen LogP contribution in [0, 0.1) is 11.3 Å². The SMILES string of the molecule is CC(C)(C)OC(=O)N[C@H]1CCN(c2c(C#N)cc3c4c(cccc24)C(=O)N(O)C3=O)C1. The third kappa shape index (κ3) is 3.55. The van der Waals surface area contributed by atoms with Crippen molar-refractivity contribution in [3.05, 3.63) is 41.0 Å². The normalized spacial score (nSPS) is 18.4. The standard InChI is InChI=1S/C22H22N4O5/c1-22(2,3)31-21(29)24-13-7-8-25(11-13)18-12(10-23)9-16-17-14(18)5-4-6-15(17)19(27)26(30)20(16)28/h4-6,9,13,30H,7-8,11H2,1-3H3,(H,24,29)/t13-/m0/s1. The van der Waals surface area contributed by atoms with Crippen molar-refractivity contribution >= 4 is 34.4 Å². The number of imide groups is 1. The van der Waals surface area contributed by atoms with Crippen molar-refractivity contribution in [2.75, 3.05) is 18.0 Å². The van der Waals surface area contributed by atoms with E-state index < -0.39 is 23.5 Å². The van der Waals surface area contributed by atoms with E-state index in [1.165, 1.54) is 12.1 Å². The highest BCUT2D eigenvalue weighted by molar-refractivity contribution is 6.26. The molecule has 0 unspecified atom stereocenters. The highest BCUT2D eigenvalue weighted by Gasteiger charge is 2.35. The molecular formula is C22H22N4O5. The number of carbonyl (C=O) groups is 3. The number of ether oxygens (including phenoxy) is 1. The second-order valence-electron chi connectivity index (χ2n) is 8.66. The maximum absolute atomic E-state index is 12.5. The summed E-state index contributed by atoms with van der Waals surface area (Å²) in [6.45, 7) is 6.39. The van der Waals surface area contributed by atoms with Gasteiger partial charge in [-0.1, -0.05) is 12.1 Å². The summed E-state index contributed by atoms with van der Waals surface area (Å²) in [6, 6.07) is 8.30. The highest BCUT2D eigenvalue weighted by atomic mass is 16.6. The van der Waals surface area contributed by atoms with Crippen molar-refractivity contribution in [1.82, 2.24) is 10.4 Å². The van der Waals surface area contributed by atoms with Gasteiger partial charge in [-0.3, -0.25) is 14.8 Å². The Hall–Kier alpha value is -3.64. The van der Waals surface area contributed by atoms with Gasteiger partial charge in [-0.25, -0.2) is 4.79 Å². The lowest BCUT2D eigenvalue weighted by Crippen LogP contribution is -2.40. The number of nitrogens with one attached hydrogen (secondary N) is 1. The molecule has 2 heterocycles. The summed E-state index contributed by atoms with van der Waals surface area (Å²) in [7, 11) is 0. The lowest BCUT2D eigenvalue weighted by molar-refractivity contribution is -0.0377. The molecule has 3 amide bonds. The molecule has 9 heteroatoms. The minimum Gasteiger partial charge on any atom is -0.444 e. The first-order valence-electron chi connectivity index (χ1n) is 9.92. The summed E-state index contributed by atoms with van der Waals surface area (Å²) < 4.78 is 5.32. The molecule has 9 nitrogen and oxygen atoms in total. The van der Waals surface area contributed by atoms with Crippen molar-refractivity contribution in [2.24, 2.45) is 0 Å². The number of amides is 3. The lowest BCUT2D eigenvalue weighted by Gasteiger charge is -2.27. The number of nitrogens with zero attached hydrogens (tertiary/aromatic N) is 3. The van der Waals surface area contributed by atoms with Gasteiger partial charge in [0.25, 0.3) is 11.8 Å². The Bertz CT molecular complexity index is 1160. The molecule has 31 heavy (non-hydrogen) atoms. The lowest BCUT2D eigenvalue weighted by atomic mass is 9.91. The smallest absolute Gasteiger partial charge is 0.407 e. The number of hydrogen-bond donors (Lipinski definition) is 2. The van der Waals surface area contributed by atoms with Gasteiger partial charge in [0.15, 0.2) is 0 Å². The summed E-state index contributed by atoms with van der Waals surface area (Å²) in [4.78, 5) is 39.0. The van der Waals surface area contributed by atoms with Crippen LogP contribution in [0.1, 0.15) is 53.5 Å². The molecule has 0 spiro atoms. The molecule has 0 aliphatic carbocycles. The Morgan fingerprint density at radius 3 is 2.65 bits per heavy atom. The Labute approximate surface area is 178 Å². The van der Waals surface area contributed by atoms with E-state index in [0.29, 0.717) is 36.0 Å². The average Bonchev–Trinajstić information content (AvgIpc) is 3.15. The molecule has 1 saturated heterocycles. The largest absolute Gasteiger partial charge is 0.444 e. The number of nitriles is 1. The zero-order chi connectivity index (χ0) is 22.5. The second kappa shape index (κ2) is 7.25. The zero-order valence-electron chi connectivity index (χ0n) is 17.4. The van der Waals surface area contributed by atoms with Crippen LogP contribution in [0.4, 0.5) is 10.5 Å². The van der Waals surface area contributed by atoms with Crippen molar-refractivity contribution in [3.8, 4) is 6.07 Å². The molecule has 0 bridgehead atoms. The summed E-state index contributed by atoms with van der Waals surface area (Å²) >= 11 is 0. The molecule has 2 aliphatic rings. The van der Waals surface area contributed by atoms with E-state index in [2.05, 4.69) is 11.4 Å². The van der Waals surface area contributed by atoms with Gasteiger partial charge in [0, 0.05) is 23.9 Å². The summed E-state index contributed by atoms with van der Waals surface area (Å²) in [6.07, 6.45) is 0.144. The van der Waals surface area contributed by atoms with E-state index >= 15 is 0 Å². The quantitative estimate of drug-likeness (QED) is 0.563. The van der Waals surface area contributed by atoms with E-state index in [1.807, 2.05) is 4.90 Å². The highest BCUT2D eigenvalue weighted by Crippen LogP contribution is 2.39. The van der Waals surface area contributed by atoms with Crippen LogP contribution >= 0.6 is 0 Å². The van der Waals surface area contributed by atoms with Gasteiger partial charge in [0.2, 0.25) is 0 Å². The van der Waals surface area contributed by atoms with E-state index in [1.54, 1.807) is 32.9 Å². The molecule has 160 valence electrons. The number of benzene rings is 2. The number of alkyl carbamates (subject to hydrolysis) is 1. The van der Waals surface area contributed by atoms with Gasteiger partial charge in [0.1, 0.15) is 11.7 Å². The molecule has 0 saturated carbocycles. The van der Waals surface area contributed by atoms with Crippen molar-refractivity contribution in [3.63, 3.8) is 0 Å². The van der Waals surface area contributed by atoms with Crippen molar-refractivity contribution < 1.29 is 24.3 Å². The maximum Gasteiger partial charge on any atom is 0.407 e. The number of carbonyl (C=O) groups excluding carboxylic acids is 3. The van der Waals surface area contributed by atoms with Crippen LogP contribution < -0.4 is 10.2 Å². The molecule has 2 aromatic rings. The predicted octanol–water partition coefficient (Wildman–Crippen LogP) is 2.80. The Kier molecular flexibility index (Phi) is 4.82. The molecule has 4 rings (SSSR count). The van der Waals surface area contributed by atoms with E-state index in [9.17, 15) is 24.9 Å². The van der Waals surface area contributed by atoms with Crippen LogP contribution in [-0.4, -0.2) is 52.9 Å². The topological polar surface area (TPSA) is 123 Å². The van der Waals surface area contributed by atoms with E-state index in [4.69, 9.17) is 4.74 Å². The van der Waals surface area contributed by atoms with E-state index in [-0.39, 0.29) is 27.8 Å². The fourth-order valence-electron chi connectivity index (χ4n) is 4.12. The average molecular weight is 422 g/mol.